The van der Waals surface area contributed by atoms with Crippen LogP contribution in [0.1, 0.15) is 21.7 Å². The molecule has 0 radical (unpaired) electrons. The predicted molar refractivity (Wildman–Crippen MR) is 120 cm³/mol. The molecule has 1 aromatic heterocycles. The molecule has 33 heavy (non-hydrogen) atoms. The molecule has 2 N–H and O–H groups in total. The van der Waals surface area contributed by atoms with Crippen molar-refractivity contribution < 1.29 is 19.2 Å². The number of hydrogen-bond acceptors (Lipinski definition) is 7. The Labute approximate surface area is 188 Å². The highest BCUT2D eigenvalue weighted by Gasteiger charge is 2.20. The van der Waals surface area contributed by atoms with E-state index < -0.39 is 34.4 Å². The zero-order valence-corrected chi connectivity index (χ0v) is 18.1. The van der Waals surface area contributed by atoms with Crippen LogP contribution in [0.25, 0.3) is 5.69 Å². The normalized spacial score (nSPS) is 10.4. The number of nitrogens with one attached hydrogen (secondary N) is 2. The summed E-state index contributed by atoms with van der Waals surface area (Å²) in [6, 6.07) is 12.2. The first-order valence-corrected chi connectivity index (χ1v) is 9.78. The highest BCUT2D eigenvalue weighted by Crippen LogP contribution is 2.25. The quantitative estimate of drug-likeness (QED) is 0.413. The Hall–Kier alpha value is -4.54. The fraction of sp³-hybridized carbons (Fsp3) is 0.182. The van der Waals surface area contributed by atoms with Crippen molar-refractivity contribution in [1.82, 2.24) is 15.1 Å². The first-order chi connectivity index (χ1) is 15.7. The van der Waals surface area contributed by atoms with Crippen LogP contribution in [0.2, 0.25) is 0 Å². The number of methoxy groups -OCH3 is 1. The minimum Gasteiger partial charge on any atom is -0.495 e. The summed E-state index contributed by atoms with van der Waals surface area (Å²) < 4.78 is 6.35. The maximum Gasteiger partial charge on any atom is 0.294 e. The lowest BCUT2D eigenvalue weighted by Crippen LogP contribution is -2.37. The predicted octanol–water partition coefficient (Wildman–Crippen LogP) is 2.13. The molecule has 3 rings (SSSR count). The van der Waals surface area contributed by atoms with E-state index in [2.05, 4.69) is 15.7 Å². The number of aromatic nitrogens is 2. The van der Waals surface area contributed by atoms with Gasteiger partial charge in [-0.3, -0.25) is 24.5 Å². The second kappa shape index (κ2) is 9.73. The maximum atomic E-state index is 12.6. The molecule has 2 aromatic carbocycles. The second-order valence-electron chi connectivity index (χ2n) is 7.09. The van der Waals surface area contributed by atoms with E-state index in [0.29, 0.717) is 17.1 Å². The summed E-state index contributed by atoms with van der Waals surface area (Å²) in [6.45, 7) is 2.95. The number of aryl methyl sites for hydroxylation is 2. The van der Waals surface area contributed by atoms with Crippen molar-refractivity contribution in [2.45, 2.75) is 13.8 Å². The first kappa shape index (κ1) is 23.1. The van der Waals surface area contributed by atoms with Crippen molar-refractivity contribution in [2.24, 2.45) is 0 Å². The number of anilines is 1. The Bertz CT molecular complexity index is 1300. The van der Waals surface area contributed by atoms with Crippen LogP contribution >= 0.6 is 0 Å². The number of nitro groups is 1. The van der Waals surface area contributed by atoms with Gasteiger partial charge in [0.05, 0.1) is 24.3 Å². The summed E-state index contributed by atoms with van der Waals surface area (Å²) in [5.41, 5.74) is 0.307. The molecule has 0 aliphatic carbocycles. The van der Waals surface area contributed by atoms with Gasteiger partial charge in [0, 0.05) is 17.8 Å². The largest absolute Gasteiger partial charge is 0.495 e. The molecule has 11 heteroatoms. The third-order valence-electron chi connectivity index (χ3n) is 4.67. The van der Waals surface area contributed by atoms with Crippen molar-refractivity contribution in [3.63, 3.8) is 0 Å². The van der Waals surface area contributed by atoms with Gasteiger partial charge in [-0.2, -0.15) is 5.10 Å². The molecule has 0 saturated carbocycles. The lowest BCUT2D eigenvalue weighted by molar-refractivity contribution is -0.384. The fourth-order valence-electron chi connectivity index (χ4n) is 3.10. The number of nitrogens with zero attached hydrogens (tertiary/aromatic N) is 3. The van der Waals surface area contributed by atoms with Gasteiger partial charge in [-0.25, -0.2) is 4.68 Å². The van der Waals surface area contributed by atoms with Crippen LogP contribution in [-0.2, 0) is 4.79 Å². The minimum absolute atomic E-state index is 0.0957. The van der Waals surface area contributed by atoms with E-state index in [4.69, 9.17) is 4.74 Å². The summed E-state index contributed by atoms with van der Waals surface area (Å²) in [4.78, 5) is 48.0. The van der Waals surface area contributed by atoms with Crippen LogP contribution in [0.15, 0.2) is 53.3 Å². The van der Waals surface area contributed by atoms with Crippen LogP contribution in [-0.4, -0.2) is 40.2 Å². The van der Waals surface area contributed by atoms with E-state index in [0.717, 1.165) is 16.3 Å². The average molecular weight is 451 g/mol. The molecule has 0 unspecified atom stereocenters. The highest BCUT2D eigenvalue weighted by atomic mass is 16.6. The molecule has 0 aliphatic heterocycles. The van der Waals surface area contributed by atoms with Gasteiger partial charge in [0.25, 0.3) is 11.6 Å². The Morgan fingerprint density at radius 2 is 1.88 bits per heavy atom. The third-order valence-corrected chi connectivity index (χ3v) is 4.67. The van der Waals surface area contributed by atoms with Gasteiger partial charge in [-0.1, -0.05) is 18.2 Å². The molecule has 0 saturated heterocycles. The Morgan fingerprint density at radius 3 is 2.58 bits per heavy atom. The number of carbonyl (C=O) groups is 2. The molecule has 0 spiro atoms. The molecule has 0 aliphatic rings. The standard InChI is InChI=1S/C22H21N5O6/c1-13-8-9-19(33-3)15(10-13)24-20(29)12-23-22(30)21-18(28)11-14(2)26(25-21)16-6-4-5-7-17(16)27(31)32/h4-11H,12H2,1-3H3,(H,23,30)(H,24,29). The monoisotopic (exact) mass is 451 g/mol. The van der Waals surface area contributed by atoms with Gasteiger partial charge in [0.1, 0.15) is 11.4 Å². The van der Waals surface area contributed by atoms with E-state index in [1.165, 1.54) is 32.2 Å². The lowest BCUT2D eigenvalue weighted by atomic mass is 10.2. The van der Waals surface area contributed by atoms with Crippen LogP contribution in [0.5, 0.6) is 5.75 Å². The first-order valence-electron chi connectivity index (χ1n) is 9.78. The molecule has 2 amide bonds. The van der Waals surface area contributed by atoms with Gasteiger partial charge < -0.3 is 15.4 Å². The lowest BCUT2D eigenvalue weighted by Gasteiger charge is -2.12. The number of benzene rings is 2. The molecular weight excluding hydrogens is 430 g/mol. The van der Waals surface area contributed by atoms with E-state index in [-0.39, 0.29) is 11.4 Å². The van der Waals surface area contributed by atoms with Crippen LogP contribution in [0.3, 0.4) is 0 Å². The summed E-state index contributed by atoms with van der Waals surface area (Å²) in [5.74, 6) is -0.982. The molecule has 11 nitrogen and oxygen atoms in total. The molecule has 1 heterocycles. The van der Waals surface area contributed by atoms with Crippen LogP contribution in [0.4, 0.5) is 11.4 Å². The molecule has 0 atom stereocenters. The van der Waals surface area contributed by atoms with Gasteiger partial charge in [-0.15, -0.1) is 0 Å². The topological polar surface area (TPSA) is 145 Å². The smallest absolute Gasteiger partial charge is 0.294 e. The molecule has 170 valence electrons. The van der Waals surface area contributed by atoms with Gasteiger partial charge in [-0.05, 0) is 37.6 Å². The van der Waals surface area contributed by atoms with E-state index in [1.807, 2.05) is 13.0 Å². The van der Waals surface area contributed by atoms with Crippen molar-refractivity contribution in [2.75, 3.05) is 19.0 Å². The van der Waals surface area contributed by atoms with Crippen molar-refractivity contribution in [1.29, 1.82) is 0 Å². The highest BCUT2D eigenvalue weighted by molar-refractivity contribution is 5.99. The van der Waals surface area contributed by atoms with Gasteiger partial charge in [0.2, 0.25) is 11.3 Å². The van der Waals surface area contributed by atoms with Crippen molar-refractivity contribution >= 4 is 23.2 Å². The summed E-state index contributed by atoms with van der Waals surface area (Å²) >= 11 is 0. The van der Waals surface area contributed by atoms with Crippen LogP contribution in [0, 0.1) is 24.0 Å². The number of rotatable bonds is 7. The summed E-state index contributed by atoms with van der Waals surface area (Å²) in [7, 11) is 1.47. The molecule has 0 bridgehead atoms. The number of ether oxygens (including phenoxy) is 1. The van der Waals surface area contributed by atoms with Gasteiger partial charge >= 0.3 is 0 Å². The third kappa shape index (κ3) is 5.21. The van der Waals surface area contributed by atoms with E-state index in [9.17, 15) is 24.5 Å². The summed E-state index contributed by atoms with van der Waals surface area (Å²) in [6.07, 6.45) is 0. The molecule has 3 aromatic rings. The number of nitro benzene ring substituents is 1. The second-order valence-corrected chi connectivity index (χ2v) is 7.09. The zero-order chi connectivity index (χ0) is 24.1. The average Bonchev–Trinajstić information content (AvgIpc) is 2.77. The van der Waals surface area contributed by atoms with E-state index in [1.54, 1.807) is 18.2 Å². The number of amides is 2. The Morgan fingerprint density at radius 1 is 1.15 bits per heavy atom. The SMILES string of the molecule is COc1ccc(C)cc1NC(=O)CNC(=O)c1nn(-c2ccccc2[N+](=O)[O-])c(C)cc1=O. The number of hydrogen-bond donors (Lipinski definition) is 2. The maximum absolute atomic E-state index is 12.6. The fourth-order valence-corrected chi connectivity index (χ4v) is 3.10. The molecule has 0 fully saturated rings. The minimum atomic E-state index is -0.890. The summed E-state index contributed by atoms with van der Waals surface area (Å²) in [5, 5.41) is 20.4. The Balaban J connectivity index is 1.81. The number of para-hydroxylation sites is 2. The number of carbonyl (C=O) groups excluding carboxylic acids is 2. The van der Waals surface area contributed by atoms with Gasteiger partial charge in [0.15, 0.2) is 5.69 Å². The van der Waals surface area contributed by atoms with Crippen molar-refractivity contribution in [3.05, 3.63) is 85.8 Å². The van der Waals surface area contributed by atoms with Crippen LogP contribution < -0.4 is 20.8 Å². The molecular formula is C22H21N5O6. The van der Waals surface area contributed by atoms with E-state index >= 15 is 0 Å². The Kier molecular flexibility index (Phi) is 6.82. The van der Waals surface area contributed by atoms with Crippen molar-refractivity contribution in [3.8, 4) is 11.4 Å². The zero-order valence-electron chi connectivity index (χ0n) is 18.1.